The minimum atomic E-state index is -2.46. The summed E-state index contributed by atoms with van der Waals surface area (Å²) in [5.41, 5.74) is 0.164. The minimum Gasteiger partial charge on any atom is -0.407 e. The number of carbonyl (C=O) groups is 1. The van der Waals surface area contributed by atoms with Gasteiger partial charge < -0.3 is 4.43 Å². The highest BCUT2D eigenvalue weighted by molar-refractivity contribution is 6.99. The second-order valence-electron chi connectivity index (χ2n) is 9.07. The standard InChI is InChI=1S/C25H32O2Si/c1-21(26)15-16-25(17-18-25)19-20-27-28(24(2,3)4,22-11-7-5-8-12-22)23-13-9-6-10-14-23/h5-16H,17-20H2,1-4H3/b16-15+. The molecule has 0 aromatic heterocycles. The van der Waals surface area contributed by atoms with Crippen molar-refractivity contribution in [3.63, 3.8) is 0 Å². The Morgan fingerprint density at radius 2 is 1.50 bits per heavy atom. The topological polar surface area (TPSA) is 26.3 Å². The first-order chi connectivity index (χ1) is 13.3. The lowest BCUT2D eigenvalue weighted by Crippen LogP contribution is -2.66. The van der Waals surface area contributed by atoms with E-state index in [1.54, 1.807) is 13.0 Å². The number of rotatable bonds is 8. The van der Waals surface area contributed by atoms with E-state index >= 15 is 0 Å². The molecule has 1 aliphatic rings. The molecule has 0 radical (unpaired) electrons. The molecule has 0 aliphatic heterocycles. The summed E-state index contributed by atoms with van der Waals surface area (Å²) in [6.45, 7) is 9.26. The molecule has 0 heterocycles. The van der Waals surface area contributed by atoms with Crippen LogP contribution in [0.15, 0.2) is 72.8 Å². The summed E-state index contributed by atoms with van der Waals surface area (Å²) in [5, 5.41) is 2.64. The summed E-state index contributed by atoms with van der Waals surface area (Å²) in [7, 11) is -2.46. The van der Waals surface area contributed by atoms with Crippen LogP contribution in [0.5, 0.6) is 0 Å². The highest BCUT2D eigenvalue weighted by Gasteiger charge is 2.50. The van der Waals surface area contributed by atoms with Crippen LogP contribution >= 0.6 is 0 Å². The summed E-state index contributed by atoms with van der Waals surface area (Å²) in [4.78, 5) is 11.3. The Morgan fingerprint density at radius 3 is 1.89 bits per heavy atom. The maximum atomic E-state index is 11.3. The molecule has 3 heteroatoms. The zero-order chi connectivity index (χ0) is 20.3. The van der Waals surface area contributed by atoms with Crippen molar-refractivity contribution in [3.8, 4) is 0 Å². The molecule has 0 atom stereocenters. The Hall–Kier alpha value is -1.97. The van der Waals surface area contributed by atoms with Gasteiger partial charge in [-0.2, -0.15) is 0 Å². The number of carbonyl (C=O) groups excluding carboxylic acids is 1. The van der Waals surface area contributed by atoms with Crippen LogP contribution in [0.3, 0.4) is 0 Å². The van der Waals surface area contributed by atoms with E-state index in [0.29, 0.717) is 0 Å². The predicted octanol–water partition coefficient (Wildman–Crippen LogP) is 4.88. The summed E-state index contributed by atoms with van der Waals surface area (Å²) >= 11 is 0. The normalized spacial score (nSPS) is 16.3. The zero-order valence-corrected chi connectivity index (χ0v) is 18.6. The third-order valence-corrected chi connectivity index (χ3v) is 10.9. The van der Waals surface area contributed by atoms with Crippen LogP contribution in [0.2, 0.25) is 5.04 Å². The fourth-order valence-corrected chi connectivity index (χ4v) is 8.69. The average molecular weight is 393 g/mol. The van der Waals surface area contributed by atoms with E-state index in [1.807, 2.05) is 0 Å². The highest BCUT2D eigenvalue weighted by Crippen LogP contribution is 2.50. The molecule has 28 heavy (non-hydrogen) atoms. The quantitative estimate of drug-likeness (QED) is 0.473. The maximum absolute atomic E-state index is 11.3. The Bertz CT molecular complexity index is 775. The molecule has 1 aliphatic carbocycles. The van der Waals surface area contributed by atoms with E-state index in [4.69, 9.17) is 4.43 Å². The third-order valence-electron chi connectivity index (χ3n) is 5.90. The van der Waals surface area contributed by atoms with Crippen LogP contribution in [-0.2, 0) is 9.22 Å². The van der Waals surface area contributed by atoms with Crippen molar-refractivity contribution in [1.29, 1.82) is 0 Å². The molecule has 0 spiro atoms. The van der Waals surface area contributed by atoms with Gasteiger partial charge in [0.05, 0.1) is 0 Å². The molecule has 2 nitrogen and oxygen atoms in total. The number of hydrogen-bond acceptors (Lipinski definition) is 2. The number of benzene rings is 2. The molecule has 0 N–H and O–H groups in total. The molecule has 0 bridgehead atoms. The van der Waals surface area contributed by atoms with Crippen LogP contribution < -0.4 is 10.4 Å². The van der Waals surface area contributed by atoms with Gasteiger partial charge in [-0.05, 0) is 53.1 Å². The van der Waals surface area contributed by atoms with Gasteiger partial charge in [0.2, 0.25) is 0 Å². The summed E-state index contributed by atoms with van der Waals surface area (Å²) < 4.78 is 6.97. The van der Waals surface area contributed by atoms with Crippen molar-refractivity contribution >= 4 is 24.5 Å². The number of allylic oxidation sites excluding steroid dienone is 2. The molecule has 2 aromatic carbocycles. The predicted molar refractivity (Wildman–Crippen MR) is 120 cm³/mol. The lowest BCUT2D eigenvalue weighted by atomic mass is 10.0. The van der Waals surface area contributed by atoms with Gasteiger partial charge in [0.25, 0.3) is 8.32 Å². The Kier molecular flexibility index (Phi) is 6.06. The maximum Gasteiger partial charge on any atom is 0.261 e. The Morgan fingerprint density at radius 1 is 1.00 bits per heavy atom. The van der Waals surface area contributed by atoms with E-state index < -0.39 is 8.32 Å². The molecular formula is C25H32O2Si. The van der Waals surface area contributed by atoms with Crippen LogP contribution in [0.4, 0.5) is 0 Å². The highest BCUT2D eigenvalue weighted by atomic mass is 28.4. The van der Waals surface area contributed by atoms with Gasteiger partial charge in [-0.1, -0.05) is 87.5 Å². The minimum absolute atomic E-state index is 0.00163. The largest absolute Gasteiger partial charge is 0.407 e. The fourth-order valence-electron chi connectivity index (χ4n) is 4.12. The lowest BCUT2D eigenvalue weighted by molar-refractivity contribution is -0.112. The van der Waals surface area contributed by atoms with E-state index in [-0.39, 0.29) is 16.2 Å². The Balaban J connectivity index is 1.92. The van der Waals surface area contributed by atoms with Gasteiger partial charge in [-0.3, -0.25) is 4.79 Å². The first-order valence-electron chi connectivity index (χ1n) is 10.2. The van der Waals surface area contributed by atoms with E-state index in [2.05, 4.69) is 87.5 Å². The zero-order valence-electron chi connectivity index (χ0n) is 17.6. The summed E-state index contributed by atoms with van der Waals surface area (Å²) in [5.74, 6) is 0.124. The van der Waals surface area contributed by atoms with Crippen LogP contribution in [0.25, 0.3) is 0 Å². The first kappa shape index (κ1) is 20.8. The number of ketones is 1. The lowest BCUT2D eigenvalue weighted by Gasteiger charge is -2.43. The van der Waals surface area contributed by atoms with Gasteiger partial charge in [-0.15, -0.1) is 0 Å². The molecule has 2 aromatic rings. The average Bonchev–Trinajstić information content (AvgIpc) is 3.44. The summed E-state index contributed by atoms with van der Waals surface area (Å²) in [6, 6.07) is 21.5. The van der Waals surface area contributed by atoms with Gasteiger partial charge >= 0.3 is 0 Å². The van der Waals surface area contributed by atoms with E-state index in [1.165, 1.54) is 10.4 Å². The van der Waals surface area contributed by atoms with Crippen molar-refractivity contribution in [2.45, 2.75) is 52.0 Å². The molecule has 0 unspecified atom stereocenters. The second-order valence-corrected chi connectivity index (χ2v) is 13.4. The smallest absolute Gasteiger partial charge is 0.261 e. The molecule has 1 saturated carbocycles. The van der Waals surface area contributed by atoms with Crippen molar-refractivity contribution in [3.05, 3.63) is 72.8 Å². The monoisotopic (exact) mass is 392 g/mol. The van der Waals surface area contributed by atoms with Crippen molar-refractivity contribution in [2.24, 2.45) is 5.41 Å². The third kappa shape index (κ3) is 4.36. The SMILES string of the molecule is CC(=O)/C=C/C1(CCO[Si](c2ccccc2)(c2ccccc2)C(C)(C)C)CC1. The van der Waals surface area contributed by atoms with Gasteiger partial charge in [-0.25, -0.2) is 0 Å². The van der Waals surface area contributed by atoms with Crippen molar-refractivity contribution < 1.29 is 9.22 Å². The fraction of sp³-hybridized carbons (Fsp3) is 0.400. The molecular weight excluding hydrogens is 360 g/mol. The van der Waals surface area contributed by atoms with Gasteiger partial charge in [0.1, 0.15) is 0 Å². The van der Waals surface area contributed by atoms with E-state index in [9.17, 15) is 4.79 Å². The van der Waals surface area contributed by atoms with E-state index in [0.717, 1.165) is 25.9 Å². The molecule has 0 saturated heterocycles. The second kappa shape index (κ2) is 8.18. The van der Waals surface area contributed by atoms with Crippen LogP contribution in [0.1, 0.15) is 47.0 Å². The first-order valence-corrected chi connectivity index (χ1v) is 12.1. The van der Waals surface area contributed by atoms with Crippen LogP contribution in [-0.4, -0.2) is 20.7 Å². The molecule has 0 amide bonds. The molecule has 3 rings (SSSR count). The van der Waals surface area contributed by atoms with Crippen molar-refractivity contribution in [2.75, 3.05) is 6.61 Å². The molecule has 1 fully saturated rings. The van der Waals surface area contributed by atoms with Crippen molar-refractivity contribution in [1.82, 2.24) is 0 Å². The van der Waals surface area contributed by atoms with Gasteiger partial charge in [0, 0.05) is 6.61 Å². The Labute approximate surface area is 170 Å². The number of hydrogen-bond donors (Lipinski definition) is 0. The van der Waals surface area contributed by atoms with Crippen LogP contribution in [0, 0.1) is 5.41 Å². The summed E-state index contributed by atoms with van der Waals surface area (Å²) in [6.07, 6.45) is 7.13. The van der Waals surface area contributed by atoms with Gasteiger partial charge in [0.15, 0.2) is 5.78 Å². The molecule has 148 valence electrons.